The van der Waals surface area contributed by atoms with E-state index in [9.17, 15) is 9.59 Å². The lowest BCUT2D eigenvalue weighted by atomic mass is 10.1. The zero-order valence-corrected chi connectivity index (χ0v) is 10.6. The van der Waals surface area contributed by atoms with E-state index in [1.165, 1.54) is 6.07 Å². The zero-order valence-electron chi connectivity index (χ0n) is 10.6. The predicted octanol–water partition coefficient (Wildman–Crippen LogP) is 2.53. The minimum absolute atomic E-state index is 0.00720. The topological polar surface area (TPSA) is 75.6 Å². The van der Waals surface area contributed by atoms with Crippen molar-refractivity contribution in [3.05, 3.63) is 59.7 Å². The molecule has 0 saturated heterocycles. The Balaban J connectivity index is 2.28. The number of carboxylic acid groups (broad SMARTS) is 1. The summed E-state index contributed by atoms with van der Waals surface area (Å²) in [5.41, 5.74) is 1.24. The number of para-hydroxylation sites is 1. The molecule has 0 radical (unpaired) electrons. The van der Waals surface area contributed by atoms with Crippen molar-refractivity contribution in [1.82, 2.24) is 0 Å². The van der Waals surface area contributed by atoms with E-state index in [-0.39, 0.29) is 17.9 Å². The molecule has 0 aliphatic heterocycles. The molecule has 1 amide bonds. The Morgan fingerprint density at radius 2 is 1.90 bits per heavy atom. The van der Waals surface area contributed by atoms with Crippen molar-refractivity contribution in [1.29, 1.82) is 0 Å². The van der Waals surface area contributed by atoms with Gasteiger partial charge in [0.1, 0.15) is 12.2 Å². The molecule has 0 aliphatic rings. The fourth-order valence-electron chi connectivity index (χ4n) is 1.77. The quantitative estimate of drug-likeness (QED) is 0.792. The molecule has 5 heteroatoms. The van der Waals surface area contributed by atoms with Gasteiger partial charge in [-0.25, -0.2) is 4.79 Å². The molecule has 0 aliphatic carbocycles. The van der Waals surface area contributed by atoms with Gasteiger partial charge >= 0.3 is 5.97 Å². The number of carbonyl (C=O) groups is 2. The van der Waals surface area contributed by atoms with Crippen LogP contribution in [-0.4, -0.2) is 17.5 Å². The standard InChI is InChI=1S/C15H13NO4/c17-10-16-13-8-4-7-12(15(18)19)14(13)20-9-11-5-2-1-3-6-11/h1-8,10H,9H2,(H,16,17)(H,18,19). The van der Waals surface area contributed by atoms with Crippen LogP contribution in [0.15, 0.2) is 48.5 Å². The Bertz CT molecular complexity index is 611. The summed E-state index contributed by atoms with van der Waals surface area (Å²) in [6.45, 7) is 0.221. The summed E-state index contributed by atoms with van der Waals surface area (Å²) in [7, 11) is 0. The van der Waals surface area contributed by atoms with Crippen LogP contribution in [0.1, 0.15) is 15.9 Å². The third-order valence-corrected chi connectivity index (χ3v) is 2.69. The highest BCUT2D eigenvalue weighted by molar-refractivity contribution is 5.94. The molecule has 2 aromatic carbocycles. The monoisotopic (exact) mass is 271 g/mol. The van der Waals surface area contributed by atoms with Gasteiger partial charge in [0, 0.05) is 0 Å². The summed E-state index contributed by atoms with van der Waals surface area (Å²) in [5, 5.41) is 11.6. The first-order valence-corrected chi connectivity index (χ1v) is 5.95. The van der Waals surface area contributed by atoms with Crippen molar-refractivity contribution in [2.45, 2.75) is 6.61 Å². The molecule has 0 fully saturated rings. The number of hydrogen-bond donors (Lipinski definition) is 2. The van der Waals surface area contributed by atoms with Gasteiger partial charge in [0.15, 0.2) is 5.75 Å². The fourth-order valence-corrected chi connectivity index (χ4v) is 1.77. The summed E-state index contributed by atoms with van der Waals surface area (Å²) in [5.74, 6) is -0.960. The molecule has 0 atom stereocenters. The molecule has 5 nitrogen and oxygen atoms in total. The number of ether oxygens (including phenoxy) is 1. The van der Waals surface area contributed by atoms with Gasteiger partial charge in [0.05, 0.1) is 5.69 Å². The van der Waals surface area contributed by atoms with E-state index < -0.39 is 5.97 Å². The van der Waals surface area contributed by atoms with Gasteiger partial charge in [0.2, 0.25) is 6.41 Å². The summed E-state index contributed by atoms with van der Waals surface area (Å²) in [6, 6.07) is 13.9. The number of aromatic carboxylic acids is 1. The van der Waals surface area contributed by atoms with Gasteiger partial charge in [-0.1, -0.05) is 36.4 Å². The third-order valence-electron chi connectivity index (χ3n) is 2.69. The first-order chi connectivity index (χ1) is 9.72. The lowest BCUT2D eigenvalue weighted by Crippen LogP contribution is -2.07. The van der Waals surface area contributed by atoms with Crippen molar-refractivity contribution in [2.75, 3.05) is 5.32 Å². The number of hydrogen-bond acceptors (Lipinski definition) is 3. The van der Waals surface area contributed by atoms with E-state index in [4.69, 9.17) is 9.84 Å². The number of anilines is 1. The average Bonchev–Trinajstić information content (AvgIpc) is 2.47. The van der Waals surface area contributed by atoms with Gasteiger partial charge in [-0.3, -0.25) is 4.79 Å². The van der Waals surface area contributed by atoms with Gasteiger partial charge < -0.3 is 15.2 Å². The SMILES string of the molecule is O=CNc1cccc(C(=O)O)c1OCc1ccccc1. The predicted molar refractivity (Wildman–Crippen MR) is 73.9 cm³/mol. The van der Waals surface area contributed by atoms with Crippen LogP contribution in [0.3, 0.4) is 0 Å². The van der Waals surface area contributed by atoms with E-state index in [0.29, 0.717) is 12.1 Å². The second-order valence-electron chi connectivity index (χ2n) is 4.02. The Labute approximate surface area is 115 Å². The Morgan fingerprint density at radius 1 is 1.15 bits per heavy atom. The third kappa shape index (κ3) is 3.14. The van der Waals surface area contributed by atoms with E-state index in [1.54, 1.807) is 12.1 Å². The maximum atomic E-state index is 11.2. The highest BCUT2D eigenvalue weighted by atomic mass is 16.5. The molecule has 0 bridgehead atoms. The second kappa shape index (κ2) is 6.38. The highest BCUT2D eigenvalue weighted by Crippen LogP contribution is 2.29. The van der Waals surface area contributed by atoms with Gasteiger partial charge in [0.25, 0.3) is 0 Å². The Morgan fingerprint density at radius 3 is 2.55 bits per heavy atom. The van der Waals surface area contributed by atoms with Crippen molar-refractivity contribution >= 4 is 18.1 Å². The molecular weight excluding hydrogens is 258 g/mol. The van der Waals surface area contributed by atoms with E-state index in [1.807, 2.05) is 30.3 Å². The van der Waals surface area contributed by atoms with Crippen LogP contribution >= 0.6 is 0 Å². The largest absolute Gasteiger partial charge is 0.486 e. The van der Waals surface area contributed by atoms with Crippen LogP contribution < -0.4 is 10.1 Å². The molecule has 20 heavy (non-hydrogen) atoms. The maximum Gasteiger partial charge on any atom is 0.339 e. The highest BCUT2D eigenvalue weighted by Gasteiger charge is 2.15. The minimum Gasteiger partial charge on any atom is -0.486 e. The number of carboxylic acids is 1. The van der Waals surface area contributed by atoms with Gasteiger partial charge in [-0.2, -0.15) is 0 Å². The molecular formula is C15H13NO4. The molecule has 0 heterocycles. The second-order valence-corrected chi connectivity index (χ2v) is 4.02. The van der Waals surface area contributed by atoms with Gasteiger partial charge in [-0.05, 0) is 17.7 Å². The first-order valence-electron chi connectivity index (χ1n) is 5.95. The lowest BCUT2D eigenvalue weighted by Gasteiger charge is -2.13. The molecule has 2 aromatic rings. The summed E-state index contributed by atoms with van der Waals surface area (Å²) in [4.78, 5) is 21.8. The molecule has 0 spiro atoms. The van der Waals surface area contributed by atoms with Crippen LogP contribution in [0.4, 0.5) is 5.69 Å². The zero-order chi connectivity index (χ0) is 14.4. The van der Waals surface area contributed by atoms with Crippen molar-refractivity contribution < 1.29 is 19.4 Å². The molecule has 0 unspecified atom stereocenters. The van der Waals surface area contributed by atoms with Crippen molar-refractivity contribution in [2.24, 2.45) is 0 Å². The fraction of sp³-hybridized carbons (Fsp3) is 0.0667. The van der Waals surface area contributed by atoms with Gasteiger partial charge in [-0.15, -0.1) is 0 Å². The number of rotatable bonds is 6. The normalized spacial score (nSPS) is 9.80. The molecule has 2 N–H and O–H groups in total. The molecule has 0 saturated carbocycles. The Kier molecular flexibility index (Phi) is 4.34. The van der Waals surface area contributed by atoms with Crippen LogP contribution in [-0.2, 0) is 11.4 Å². The first kappa shape index (κ1) is 13.6. The summed E-state index contributed by atoms with van der Waals surface area (Å²) in [6.07, 6.45) is 0.482. The molecule has 102 valence electrons. The summed E-state index contributed by atoms with van der Waals surface area (Å²) < 4.78 is 5.57. The van der Waals surface area contributed by atoms with E-state index >= 15 is 0 Å². The Hall–Kier alpha value is -2.82. The van der Waals surface area contributed by atoms with Crippen LogP contribution in [0, 0.1) is 0 Å². The average molecular weight is 271 g/mol. The number of carbonyl (C=O) groups excluding carboxylic acids is 1. The number of amides is 1. The molecule has 0 aromatic heterocycles. The van der Waals surface area contributed by atoms with Crippen LogP contribution in [0.25, 0.3) is 0 Å². The smallest absolute Gasteiger partial charge is 0.339 e. The number of benzene rings is 2. The summed E-state index contributed by atoms with van der Waals surface area (Å²) >= 11 is 0. The maximum absolute atomic E-state index is 11.2. The van der Waals surface area contributed by atoms with Crippen LogP contribution in [0.2, 0.25) is 0 Å². The number of nitrogens with one attached hydrogen (secondary N) is 1. The van der Waals surface area contributed by atoms with Crippen molar-refractivity contribution in [3.63, 3.8) is 0 Å². The van der Waals surface area contributed by atoms with Crippen LogP contribution in [0.5, 0.6) is 5.75 Å². The lowest BCUT2D eigenvalue weighted by molar-refractivity contribution is -0.105. The molecule has 2 rings (SSSR count). The van der Waals surface area contributed by atoms with E-state index in [2.05, 4.69) is 5.32 Å². The van der Waals surface area contributed by atoms with E-state index in [0.717, 1.165) is 5.56 Å². The minimum atomic E-state index is -1.11. The van der Waals surface area contributed by atoms with Crippen molar-refractivity contribution in [3.8, 4) is 5.75 Å².